The van der Waals surface area contributed by atoms with Crippen LogP contribution in [0.3, 0.4) is 0 Å². The molecule has 1 aliphatic rings. The minimum atomic E-state index is -3.63. The van der Waals surface area contributed by atoms with Gasteiger partial charge in [-0.05, 0) is 42.8 Å². The maximum Gasteiger partial charge on any atom is 0.240 e. The van der Waals surface area contributed by atoms with Gasteiger partial charge in [-0.25, -0.2) is 17.5 Å². The molecule has 0 saturated carbocycles. The SMILES string of the molecule is COc1ccccc1OC1CCN(CCNS(=O)(=O)c2ccc(F)cc2)C1. The highest BCUT2D eigenvalue weighted by atomic mass is 32.2. The van der Waals surface area contributed by atoms with Crippen LogP contribution in [0.2, 0.25) is 0 Å². The first kappa shape index (κ1) is 19.6. The van der Waals surface area contributed by atoms with Crippen LogP contribution in [0.25, 0.3) is 0 Å². The van der Waals surface area contributed by atoms with Gasteiger partial charge in [0.25, 0.3) is 0 Å². The van der Waals surface area contributed by atoms with Gasteiger partial charge in [0.05, 0.1) is 12.0 Å². The van der Waals surface area contributed by atoms with Crippen LogP contribution in [0.4, 0.5) is 4.39 Å². The van der Waals surface area contributed by atoms with E-state index < -0.39 is 15.8 Å². The van der Waals surface area contributed by atoms with Gasteiger partial charge in [-0.2, -0.15) is 0 Å². The zero-order valence-electron chi connectivity index (χ0n) is 15.1. The minimum Gasteiger partial charge on any atom is -0.493 e. The second kappa shape index (κ2) is 8.69. The normalized spacial score (nSPS) is 17.8. The van der Waals surface area contributed by atoms with Crippen LogP contribution in [-0.4, -0.2) is 52.7 Å². The van der Waals surface area contributed by atoms with Gasteiger partial charge in [-0.15, -0.1) is 0 Å². The fourth-order valence-corrected chi connectivity index (χ4v) is 4.05. The van der Waals surface area contributed by atoms with Crippen molar-refractivity contribution in [2.24, 2.45) is 0 Å². The number of halogens is 1. The molecule has 2 aromatic rings. The van der Waals surface area contributed by atoms with E-state index in [-0.39, 0.29) is 17.5 Å². The molecule has 0 radical (unpaired) electrons. The Morgan fingerprint density at radius 2 is 1.85 bits per heavy atom. The number of nitrogens with one attached hydrogen (secondary N) is 1. The summed E-state index contributed by atoms with van der Waals surface area (Å²) in [5.41, 5.74) is 0. The number of nitrogens with zero attached hydrogens (tertiary/aromatic N) is 1. The summed E-state index contributed by atoms with van der Waals surface area (Å²) in [5, 5.41) is 0. The van der Waals surface area contributed by atoms with E-state index in [0.717, 1.165) is 31.6 Å². The summed E-state index contributed by atoms with van der Waals surface area (Å²) >= 11 is 0. The van der Waals surface area contributed by atoms with Gasteiger partial charge in [0.2, 0.25) is 10.0 Å². The lowest BCUT2D eigenvalue weighted by atomic mass is 10.3. The summed E-state index contributed by atoms with van der Waals surface area (Å²) in [6.45, 7) is 2.40. The van der Waals surface area contributed by atoms with E-state index >= 15 is 0 Å². The monoisotopic (exact) mass is 394 g/mol. The van der Waals surface area contributed by atoms with Crippen molar-refractivity contribution in [3.63, 3.8) is 0 Å². The van der Waals surface area contributed by atoms with E-state index in [2.05, 4.69) is 9.62 Å². The third-order valence-electron chi connectivity index (χ3n) is 4.44. The molecule has 0 spiro atoms. The van der Waals surface area contributed by atoms with Crippen LogP contribution in [0.15, 0.2) is 53.4 Å². The van der Waals surface area contributed by atoms with E-state index in [9.17, 15) is 12.8 Å². The van der Waals surface area contributed by atoms with E-state index in [1.807, 2.05) is 24.3 Å². The smallest absolute Gasteiger partial charge is 0.240 e. The minimum absolute atomic E-state index is 0.0370. The van der Waals surface area contributed by atoms with Gasteiger partial charge in [0.1, 0.15) is 11.9 Å². The van der Waals surface area contributed by atoms with Crippen molar-refractivity contribution in [3.8, 4) is 11.5 Å². The molecule has 1 heterocycles. The molecule has 1 fully saturated rings. The highest BCUT2D eigenvalue weighted by Crippen LogP contribution is 2.28. The molecule has 2 aromatic carbocycles. The highest BCUT2D eigenvalue weighted by Gasteiger charge is 2.25. The fourth-order valence-electron chi connectivity index (χ4n) is 3.03. The average Bonchev–Trinajstić information content (AvgIpc) is 3.09. The van der Waals surface area contributed by atoms with Gasteiger partial charge in [0, 0.05) is 26.2 Å². The van der Waals surface area contributed by atoms with Crippen molar-refractivity contribution in [2.45, 2.75) is 17.4 Å². The van der Waals surface area contributed by atoms with E-state index in [4.69, 9.17) is 9.47 Å². The molecule has 1 aliphatic heterocycles. The van der Waals surface area contributed by atoms with Crippen LogP contribution in [0.1, 0.15) is 6.42 Å². The Hall–Kier alpha value is -2.16. The zero-order valence-corrected chi connectivity index (χ0v) is 15.9. The Morgan fingerprint density at radius 1 is 1.15 bits per heavy atom. The lowest BCUT2D eigenvalue weighted by molar-refractivity contribution is 0.193. The first-order valence-electron chi connectivity index (χ1n) is 8.75. The number of hydrogen-bond acceptors (Lipinski definition) is 5. The molecule has 1 saturated heterocycles. The third kappa shape index (κ3) is 5.18. The Balaban J connectivity index is 1.47. The van der Waals surface area contributed by atoms with Crippen LogP contribution in [0, 0.1) is 5.82 Å². The van der Waals surface area contributed by atoms with Crippen LogP contribution in [-0.2, 0) is 10.0 Å². The Bertz CT molecular complexity index is 858. The Morgan fingerprint density at radius 3 is 2.56 bits per heavy atom. The molecular formula is C19H23FN2O4S. The predicted molar refractivity (Wildman–Crippen MR) is 100 cm³/mol. The molecule has 0 aliphatic carbocycles. The average molecular weight is 394 g/mol. The highest BCUT2D eigenvalue weighted by molar-refractivity contribution is 7.89. The summed E-state index contributed by atoms with van der Waals surface area (Å²) in [7, 11) is -2.02. The van der Waals surface area contributed by atoms with Gasteiger partial charge >= 0.3 is 0 Å². The molecule has 1 N–H and O–H groups in total. The Kier molecular flexibility index (Phi) is 6.30. The molecular weight excluding hydrogens is 371 g/mol. The van der Waals surface area contributed by atoms with Crippen LogP contribution >= 0.6 is 0 Å². The van der Waals surface area contributed by atoms with E-state index in [1.165, 1.54) is 12.1 Å². The van der Waals surface area contributed by atoms with Crippen molar-refractivity contribution in [1.29, 1.82) is 0 Å². The molecule has 27 heavy (non-hydrogen) atoms. The lowest BCUT2D eigenvalue weighted by Crippen LogP contribution is -2.34. The first-order valence-corrected chi connectivity index (χ1v) is 10.2. The number of ether oxygens (including phenoxy) is 2. The number of sulfonamides is 1. The van der Waals surface area contributed by atoms with Crippen molar-refractivity contribution < 1.29 is 22.3 Å². The van der Waals surface area contributed by atoms with E-state index in [0.29, 0.717) is 18.0 Å². The van der Waals surface area contributed by atoms with Crippen molar-refractivity contribution in [2.75, 3.05) is 33.3 Å². The molecule has 0 amide bonds. The summed E-state index contributed by atoms with van der Waals surface area (Å²) in [5.74, 6) is 0.943. The molecule has 6 nitrogen and oxygen atoms in total. The molecule has 8 heteroatoms. The molecule has 3 rings (SSSR count). The molecule has 0 bridgehead atoms. The van der Waals surface area contributed by atoms with Gasteiger partial charge in [-0.1, -0.05) is 12.1 Å². The van der Waals surface area contributed by atoms with E-state index in [1.54, 1.807) is 7.11 Å². The lowest BCUT2D eigenvalue weighted by Gasteiger charge is -2.18. The van der Waals surface area contributed by atoms with Gasteiger partial charge < -0.3 is 9.47 Å². The number of methoxy groups -OCH3 is 1. The Labute approximate surface area is 159 Å². The summed E-state index contributed by atoms with van der Waals surface area (Å²) in [4.78, 5) is 2.20. The second-order valence-corrected chi connectivity index (χ2v) is 8.10. The molecule has 146 valence electrons. The summed E-state index contributed by atoms with van der Waals surface area (Å²) in [6, 6.07) is 12.3. The largest absolute Gasteiger partial charge is 0.493 e. The standard InChI is InChI=1S/C19H23FN2O4S/c1-25-18-4-2-3-5-19(18)26-16-10-12-22(14-16)13-11-21-27(23,24)17-8-6-15(20)7-9-17/h2-9,16,21H,10-14H2,1H3. The number of likely N-dealkylation sites (tertiary alicyclic amines) is 1. The summed E-state index contributed by atoms with van der Waals surface area (Å²) in [6.07, 6.45) is 0.901. The molecule has 0 aromatic heterocycles. The van der Waals surface area contributed by atoms with Crippen LogP contribution in [0.5, 0.6) is 11.5 Å². The second-order valence-electron chi connectivity index (χ2n) is 6.33. The molecule has 1 atom stereocenters. The topological polar surface area (TPSA) is 67.9 Å². The maximum absolute atomic E-state index is 12.9. The predicted octanol–water partition coefficient (Wildman–Crippen LogP) is 2.27. The summed E-state index contributed by atoms with van der Waals surface area (Å²) < 4.78 is 51.2. The van der Waals surface area contributed by atoms with Crippen LogP contribution < -0.4 is 14.2 Å². The van der Waals surface area contributed by atoms with Crippen molar-refractivity contribution in [1.82, 2.24) is 9.62 Å². The number of rotatable bonds is 8. The first-order chi connectivity index (χ1) is 13.0. The number of hydrogen-bond donors (Lipinski definition) is 1. The van der Waals surface area contributed by atoms with Gasteiger partial charge in [0.15, 0.2) is 11.5 Å². The molecule has 1 unspecified atom stereocenters. The quantitative estimate of drug-likeness (QED) is 0.744. The van der Waals surface area contributed by atoms with Gasteiger partial charge in [-0.3, -0.25) is 4.90 Å². The van der Waals surface area contributed by atoms with Crippen molar-refractivity contribution >= 4 is 10.0 Å². The zero-order chi connectivity index (χ0) is 19.3. The fraction of sp³-hybridized carbons (Fsp3) is 0.368. The third-order valence-corrected chi connectivity index (χ3v) is 5.91. The number of benzene rings is 2. The van der Waals surface area contributed by atoms with Crippen molar-refractivity contribution in [3.05, 3.63) is 54.3 Å². The number of para-hydroxylation sites is 2. The maximum atomic E-state index is 12.9.